The van der Waals surface area contributed by atoms with E-state index in [1.165, 1.54) is 11.3 Å². The zero-order valence-electron chi connectivity index (χ0n) is 15.1. The predicted octanol–water partition coefficient (Wildman–Crippen LogP) is 2.23. The van der Waals surface area contributed by atoms with E-state index in [1.54, 1.807) is 13.4 Å². The molecular formula is C20H24N4O2. The summed E-state index contributed by atoms with van der Waals surface area (Å²) in [5.74, 6) is 1.91. The van der Waals surface area contributed by atoms with Gasteiger partial charge in [-0.05, 0) is 43.4 Å². The number of hydrogen-bond acceptors (Lipinski definition) is 5. The van der Waals surface area contributed by atoms with Crippen molar-refractivity contribution >= 4 is 11.7 Å². The van der Waals surface area contributed by atoms with E-state index in [4.69, 9.17) is 4.74 Å². The van der Waals surface area contributed by atoms with Gasteiger partial charge in [-0.3, -0.25) is 4.79 Å². The monoisotopic (exact) mass is 352 g/mol. The van der Waals surface area contributed by atoms with Gasteiger partial charge in [0.15, 0.2) is 0 Å². The topological polar surface area (TPSA) is 67.3 Å². The van der Waals surface area contributed by atoms with E-state index in [0.717, 1.165) is 55.9 Å². The molecule has 0 saturated carbocycles. The van der Waals surface area contributed by atoms with Crippen LogP contribution in [0.25, 0.3) is 0 Å². The Morgan fingerprint density at radius 1 is 1.35 bits per heavy atom. The first-order chi connectivity index (χ1) is 12.7. The summed E-state index contributed by atoms with van der Waals surface area (Å²) < 4.78 is 5.23. The van der Waals surface area contributed by atoms with Crippen molar-refractivity contribution in [1.82, 2.24) is 14.9 Å². The number of aryl methyl sites for hydroxylation is 1. The number of ether oxygens (including phenoxy) is 1. The third kappa shape index (κ3) is 3.49. The minimum absolute atomic E-state index is 0.162. The second-order valence-corrected chi connectivity index (χ2v) is 7.00. The lowest BCUT2D eigenvalue weighted by atomic mass is 10.1. The van der Waals surface area contributed by atoms with Crippen LogP contribution in [0.1, 0.15) is 29.7 Å². The van der Waals surface area contributed by atoms with E-state index >= 15 is 0 Å². The van der Waals surface area contributed by atoms with Gasteiger partial charge in [0.25, 0.3) is 0 Å². The van der Waals surface area contributed by atoms with E-state index in [0.29, 0.717) is 6.42 Å². The number of carbonyl (C=O) groups excluding carboxylic acids is 1. The highest BCUT2D eigenvalue weighted by Gasteiger charge is 2.28. The van der Waals surface area contributed by atoms with Crippen LogP contribution in [0, 0.1) is 0 Å². The van der Waals surface area contributed by atoms with Crippen molar-refractivity contribution in [1.29, 1.82) is 0 Å². The Hall–Kier alpha value is -2.63. The maximum absolute atomic E-state index is 12.6. The molecule has 0 spiro atoms. The van der Waals surface area contributed by atoms with Crippen LogP contribution in [0.15, 0.2) is 30.6 Å². The van der Waals surface area contributed by atoms with E-state index in [-0.39, 0.29) is 11.9 Å². The van der Waals surface area contributed by atoms with Crippen LogP contribution in [0.5, 0.6) is 5.75 Å². The van der Waals surface area contributed by atoms with E-state index in [1.807, 2.05) is 29.2 Å². The molecule has 1 atom stereocenters. The third-order valence-corrected chi connectivity index (χ3v) is 5.25. The molecule has 1 fully saturated rings. The lowest BCUT2D eigenvalue weighted by Gasteiger charge is -2.18. The molecule has 4 rings (SSSR count). The third-order valence-electron chi connectivity index (χ3n) is 5.25. The highest BCUT2D eigenvalue weighted by Crippen LogP contribution is 2.26. The summed E-state index contributed by atoms with van der Waals surface area (Å²) in [6, 6.07) is 7.96. The smallest absolute Gasteiger partial charge is 0.227 e. The van der Waals surface area contributed by atoms with Crippen molar-refractivity contribution in [3.05, 3.63) is 47.4 Å². The maximum Gasteiger partial charge on any atom is 0.227 e. The number of aromatic nitrogens is 2. The standard InChI is InChI=1S/C20H24N4O2/c1-26-16-5-2-4-14(10-16)11-19(25)24-9-8-15(12-24)23-20-17-6-3-7-18(17)21-13-22-20/h2,4-5,10,13,15H,3,6-9,11-12H2,1H3,(H,21,22,23). The van der Waals surface area contributed by atoms with Crippen LogP contribution >= 0.6 is 0 Å². The number of nitrogens with one attached hydrogen (secondary N) is 1. The van der Waals surface area contributed by atoms with Gasteiger partial charge >= 0.3 is 0 Å². The summed E-state index contributed by atoms with van der Waals surface area (Å²) in [6.45, 7) is 1.51. The number of nitrogens with zero attached hydrogens (tertiary/aromatic N) is 3. The van der Waals surface area contributed by atoms with Gasteiger partial charge in [0.05, 0.1) is 13.5 Å². The molecule has 1 aromatic heterocycles. The Balaban J connectivity index is 1.36. The van der Waals surface area contributed by atoms with Crippen LogP contribution in [0.3, 0.4) is 0 Å². The SMILES string of the molecule is COc1cccc(CC(=O)N2CCC(Nc3ncnc4c3CCC4)C2)c1. The van der Waals surface area contributed by atoms with Crippen molar-refractivity contribution in [2.75, 3.05) is 25.5 Å². The molecule has 1 unspecified atom stereocenters. The minimum Gasteiger partial charge on any atom is -0.497 e. The maximum atomic E-state index is 12.6. The number of methoxy groups -OCH3 is 1. The van der Waals surface area contributed by atoms with Crippen LogP contribution < -0.4 is 10.1 Å². The van der Waals surface area contributed by atoms with Gasteiger partial charge in [-0.15, -0.1) is 0 Å². The van der Waals surface area contributed by atoms with Gasteiger partial charge < -0.3 is 15.0 Å². The van der Waals surface area contributed by atoms with Gasteiger partial charge in [0.1, 0.15) is 17.9 Å². The number of anilines is 1. The van der Waals surface area contributed by atoms with Crippen LogP contribution in [0.2, 0.25) is 0 Å². The van der Waals surface area contributed by atoms with Crippen LogP contribution in [-0.4, -0.2) is 47.0 Å². The average Bonchev–Trinajstić information content (AvgIpc) is 3.32. The largest absolute Gasteiger partial charge is 0.497 e. The van der Waals surface area contributed by atoms with Crippen molar-refractivity contribution in [3.8, 4) is 5.75 Å². The molecule has 1 aliphatic carbocycles. The molecule has 0 bridgehead atoms. The molecule has 1 aromatic carbocycles. The summed E-state index contributed by atoms with van der Waals surface area (Å²) >= 11 is 0. The molecule has 1 saturated heterocycles. The summed E-state index contributed by atoms with van der Waals surface area (Å²) in [5.41, 5.74) is 3.42. The Kier molecular flexibility index (Phi) is 4.73. The molecule has 136 valence electrons. The summed E-state index contributed by atoms with van der Waals surface area (Å²) in [4.78, 5) is 23.4. The van der Waals surface area contributed by atoms with Crippen molar-refractivity contribution < 1.29 is 9.53 Å². The van der Waals surface area contributed by atoms with Gasteiger partial charge in [-0.25, -0.2) is 9.97 Å². The van der Waals surface area contributed by atoms with Gasteiger partial charge in [-0.1, -0.05) is 12.1 Å². The molecule has 6 nitrogen and oxygen atoms in total. The fourth-order valence-corrected chi connectivity index (χ4v) is 3.85. The molecule has 1 N–H and O–H groups in total. The molecule has 26 heavy (non-hydrogen) atoms. The Bertz CT molecular complexity index is 808. The zero-order valence-corrected chi connectivity index (χ0v) is 15.1. The van der Waals surface area contributed by atoms with Crippen molar-refractivity contribution in [2.45, 2.75) is 38.1 Å². The average molecular weight is 352 g/mol. The molecule has 6 heteroatoms. The van der Waals surface area contributed by atoms with Gasteiger partial charge in [-0.2, -0.15) is 0 Å². The number of amides is 1. The minimum atomic E-state index is 0.162. The molecule has 2 aliphatic rings. The quantitative estimate of drug-likeness (QED) is 0.894. The fraction of sp³-hybridized carbons (Fsp3) is 0.450. The predicted molar refractivity (Wildman–Crippen MR) is 99.4 cm³/mol. The molecule has 2 aromatic rings. The number of likely N-dealkylation sites (tertiary alicyclic amines) is 1. The van der Waals surface area contributed by atoms with E-state index in [9.17, 15) is 4.79 Å². The first kappa shape index (κ1) is 16.8. The number of carbonyl (C=O) groups is 1. The Morgan fingerprint density at radius 2 is 2.27 bits per heavy atom. The number of hydrogen-bond donors (Lipinski definition) is 1. The summed E-state index contributed by atoms with van der Waals surface area (Å²) in [5, 5.41) is 3.54. The first-order valence-corrected chi connectivity index (χ1v) is 9.23. The van der Waals surface area contributed by atoms with Crippen molar-refractivity contribution in [3.63, 3.8) is 0 Å². The van der Waals surface area contributed by atoms with Gasteiger partial charge in [0.2, 0.25) is 5.91 Å². The number of rotatable bonds is 5. The Labute approximate surface area is 153 Å². The van der Waals surface area contributed by atoms with Gasteiger partial charge in [0, 0.05) is 30.4 Å². The van der Waals surface area contributed by atoms with E-state index < -0.39 is 0 Å². The lowest BCUT2D eigenvalue weighted by molar-refractivity contribution is -0.129. The molecule has 0 radical (unpaired) electrons. The van der Waals surface area contributed by atoms with Crippen molar-refractivity contribution in [2.24, 2.45) is 0 Å². The zero-order chi connectivity index (χ0) is 17.9. The Morgan fingerprint density at radius 3 is 3.15 bits per heavy atom. The fourth-order valence-electron chi connectivity index (χ4n) is 3.85. The lowest BCUT2D eigenvalue weighted by Crippen LogP contribution is -2.33. The van der Waals surface area contributed by atoms with Crippen LogP contribution in [-0.2, 0) is 24.1 Å². The number of benzene rings is 1. The highest BCUT2D eigenvalue weighted by atomic mass is 16.5. The summed E-state index contributed by atoms with van der Waals surface area (Å²) in [7, 11) is 1.64. The highest BCUT2D eigenvalue weighted by molar-refractivity contribution is 5.79. The normalized spacial score (nSPS) is 18.7. The number of fused-ring (bicyclic) bond motifs is 1. The first-order valence-electron chi connectivity index (χ1n) is 9.23. The molecule has 2 heterocycles. The molecule has 1 aliphatic heterocycles. The van der Waals surface area contributed by atoms with Crippen LogP contribution in [0.4, 0.5) is 5.82 Å². The molecular weight excluding hydrogens is 328 g/mol. The second-order valence-electron chi connectivity index (χ2n) is 7.00. The molecule has 1 amide bonds. The van der Waals surface area contributed by atoms with E-state index in [2.05, 4.69) is 15.3 Å². The second kappa shape index (κ2) is 7.32. The summed E-state index contributed by atoms with van der Waals surface area (Å²) in [6.07, 6.45) is 6.24.